The van der Waals surface area contributed by atoms with Gasteiger partial charge in [-0.3, -0.25) is 0 Å². The SMILES string of the molecule is C#CC(CCC)NC(=O)OCc1ccccc1. The summed E-state index contributed by atoms with van der Waals surface area (Å²) in [6, 6.07) is 9.27. The molecule has 1 aromatic carbocycles. The molecule has 17 heavy (non-hydrogen) atoms. The lowest BCUT2D eigenvalue weighted by atomic mass is 10.2. The van der Waals surface area contributed by atoms with Crippen molar-refractivity contribution >= 4 is 6.09 Å². The van der Waals surface area contributed by atoms with Crippen LogP contribution in [0.15, 0.2) is 30.3 Å². The zero-order valence-electron chi connectivity index (χ0n) is 9.98. The quantitative estimate of drug-likeness (QED) is 0.791. The fourth-order valence-electron chi connectivity index (χ4n) is 1.39. The average molecular weight is 231 g/mol. The summed E-state index contributed by atoms with van der Waals surface area (Å²) in [4.78, 5) is 11.4. The number of amides is 1. The minimum absolute atomic E-state index is 0.247. The maximum absolute atomic E-state index is 11.4. The molecule has 0 aliphatic rings. The predicted molar refractivity (Wildman–Crippen MR) is 67.3 cm³/mol. The van der Waals surface area contributed by atoms with Crippen LogP contribution >= 0.6 is 0 Å². The molecule has 0 heterocycles. The second-order valence-corrected chi connectivity index (χ2v) is 3.71. The molecule has 1 amide bonds. The lowest BCUT2D eigenvalue weighted by molar-refractivity contribution is 0.137. The predicted octanol–water partition coefficient (Wildman–Crippen LogP) is 2.71. The molecule has 0 spiro atoms. The smallest absolute Gasteiger partial charge is 0.408 e. The van der Waals surface area contributed by atoms with E-state index < -0.39 is 6.09 Å². The molecular weight excluding hydrogens is 214 g/mol. The van der Waals surface area contributed by atoms with E-state index in [1.165, 1.54) is 0 Å². The number of nitrogens with one attached hydrogen (secondary N) is 1. The molecule has 0 saturated heterocycles. The number of carbonyl (C=O) groups excluding carboxylic acids is 1. The molecule has 0 aliphatic carbocycles. The molecule has 1 unspecified atom stereocenters. The van der Waals surface area contributed by atoms with Crippen molar-refractivity contribution in [3.05, 3.63) is 35.9 Å². The molecule has 1 N–H and O–H groups in total. The van der Waals surface area contributed by atoms with E-state index in [0.717, 1.165) is 18.4 Å². The van der Waals surface area contributed by atoms with Crippen molar-refractivity contribution in [3.63, 3.8) is 0 Å². The van der Waals surface area contributed by atoms with Crippen molar-refractivity contribution in [1.82, 2.24) is 5.32 Å². The number of carbonyl (C=O) groups is 1. The molecule has 3 heteroatoms. The first kappa shape index (κ1) is 13.1. The highest BCUT2D eigenvalue weighted by Crippen LogP contribution is 2.01. The van der Waals surface area contributed by atoms with E-state index in [9.17, 15) is 4.79 Å². The number of ether oxygens (including phenoxy) is 1. The van der Waals surface area contributed by atoms with Gasteiger partial charge in [-0.1, -0.05) is 49.6 Å². The highest BCUT2D eigenvalue weighted by Gasteiger charge is 2.09. The molecule has 0 saturated carbocycles. The first-order chi connectivity index (χ1) is 8.26. The third kappa shape index (κ3) is 5.07. The van der Waals surface area contributed by atoms with E-state index in [1.54, 1.807) is 0 Å². The Morgan fingerprint density at radius 2 is 2.18 bits per heavy atom. The lowest BCUT2D eigenvalue weighted by Crippen LogP contribution is -2.33. The van der Waals surface area contributed by atoms with Crippen LogP contribution in [0.2, 0.25) is 0 Å². The van der Waals surface area contributed by atoms with Gasteiger partial charge in [0.05, 0.1) is 6.04 Å². The Labute approximate surface area is 102 Å². The van der Waals surface area contributed by atoms with E-state index in [4.69, 9.17) is 11.2 Å². The Balaban J connectivity index is 2.33. The van der Waals surface area contributed by atoms with Gasteiger partial charge in [0.25, 0.3) is 0 Å². The summed E-state index contributed by atoms with van der Waals surface area (Å²) in [5.74, 6) is 2.52. The minimum atomic E-state index is -0.467. The van der Waals surface area contributed by atoms with Crippen molar-refractivity contribution in [1.29, 1.82) is 0 Å². The lowest BCUT2D eigenvalue weighted by Gasteiger charge is -2.12. The number of alkyl carbamates (subject to hydrolysis) is 1. The number of terminal acetylenes is 1. The van der Waals surface area contributed by atoms with E-state index in [0.29, 0.717) is 0 Å². The van der Waals surface area contributed by atoms with Crippen LogP contribution in [0.4, 0.5) is 4.79 Å². The molecule has 3 nitrogen and oxygen atoms in total. The Hall–Kier alpha value is -1.95. The van der Waals surface area contributed by atoms with E-state index >= 15 is 0 Å². The summed E-state index contributed by atoms with van der Waals surface area (Å²) < 4.78 is 5.06. The van der Waals surface area contributed by atoms with Crippen molar-refractivity contribution in [2.24, 2.45) is 0 Å². The number of hydrogen-bond acceptors (Lipinski definition) is 2. The average Bonchev–Trinajstić information content (AvgIpc) is 2.37. The number of rotatable bonds is 5. The topological polar surface area (TPSA) is 38.3 Å². The van der Waals surface area contributed by atoms with E-state index in [1.807, 2.05) is 37.3 Å². The molecular formula is C14H17NO2. The van der Waals surface area contributed by atoms with E-state index in [-0.39, 0.29) is 12.6 Å². The van der Waals surface area contributed by atoms with Crippen LogP contribution in [0.5, 0.6) is 0 Å². The van der Waals surface area contributed by atoms with Crippen LogP contribution in [0.1, 0.15) is 25.3 Å². The third-order valence-corrected chi connectivity index (χ3v) is 2.28. The molecule has 1 atom stereocenters. The maximum Gasteiger partial charge on any atom is 0.408 e. The molecule has 0 fully saturated rings. The Morgan fingerprint density at radius 1 is 1.47 bits per heavy atom. The highest BCUT2D eigenvalue weighted by atomic mass is 16.5. The van der Waals surface area contributed by atoms with Crippen molar-refractivity contribution < 1.29 is 9.53 Å². The van der Waals surface area contributed by atoms with Crippen molar-refractivity contribution in [2.45, 2.75) is 32.4 Å². The van der Waals surface area contributed by atoms with Gasteiger partial charge in [-0.25, -0.2) is 4.79 Å². The van der Waals surface area contributed by atoms with Crippen LogP contribution in [0.3, 0.4) is 0 Å². The number of hydrogen-bond donors (Lipinski definition) is 1. The second-order valence-electron chi connectivity index (χ2n) is 3.71. The molecule has 1 rings (SSSR count). The van der Waals surface area contributed by atoms with Crippen LogP contribution in [0.25, 0.3) is 0 Å². The maximum atomic E-state index is 11.4. The first-order valence-corrected chi connectivity index (χ1v) is 5.69. The Morgan fingerprint density at radius 3 is 2.76 bits per heavy atom. The first-order valence-electron chi connectivity index (χ1n) is 5.69. The summed E-state index contributed by atoms with van der Waals surface area (Å²) in [5.41, 5.74) is 0.954. The van der Waals surface area contributed by atoms with Crippen LogP contribution in [-0.4, -0.2) is 12.1 Å². The van der Waals surface area contributed by atoms with Gasteiger partial charge < -0.3 is 10.1 Å². The van der Waals surface area contributed by atoms with Crippen molar-refractivity contribution in [3.8, 4) is 12.3 Å². The fourth-order valence-corrected chi connectivity index (χ4v) is 1.39. The fraction of sp³-hybridized carbons (Fsp3) is 0.357. The summed E-state index contributed by atoms with van der Waals surface area (Å²) in [5, 5.41) is 2.64. The Kier molecular flexibility index (Phi) is 5.67. The third-order valence-electron chi connectivity index (χ3n) is 2.28. The largest absolute Gasteiger partial charge is 0.445 e. The molecule has 0 aliphatic heterocycles. The van der Waals surface area contributed by atoms with Gasteiger partial charge in [0.1, 0.15) is 6.61 Å². The van der Waals surface area contributed by atoms with Gasteiger partial charge >= 0.3 is 6.09 Å². The van der Waals surface area contributed by atoms with Crippen molar-refractivity contribution in [2.75, 3.05) is 0 Å². The van der Waals surface area contributed by atoms with Gasteiger partial charge in [-0.05, 0) is 12.0 Å². The van der Waals surface area contributed by atoms with E-state index in [2.05, 4.69) is 11.2 Å². The molecule has 0 aromatic heterocycles. The van der Waals surface area contributed by atoms with Gasteiger partial charge in [-0.2, -0.15) is 0 Å². The Bertz CT molecular complexity index is 381. The minimum Gasteiger partial charge on any atom is -0.445 e. The van der Waals surface area contributed by atoms with Crippen LogP contribution in [-0.2, 0) is 11.3 Å². The van der Waals surface area contributed by atoms with Crippen LogP contribution in [0, 0.1) is 12.3 Å². The number of benzene rings is 1. The standard InChI is InChI=1S/C14H17NO2/c1-3-8-13(4-2)15-14(16)17-11-12-9-6-5-7-10-12/h2,5-7,9-10,13H,3,8,11H2,1H3,(H,15,16). The second kappa shape index (κ2) is 7.34. The van der Waals surface area contributed by atoms with Crippen LogP contribution < -0.4 is 5.32 Å². The van der Waals surface area contributed by atoms with Gasteiger partial charge in [0, 0.05) is 0 Å². The summed E-state index contributed by atoms with van der Waals surface area (Å²) in [7, 11) is 0. The zero-order chi connectivity index (χ0) is 12.5. The molecule has 90 valence electrons. The van der Waals surface area contributed by atoms with Gasteiger partial charge in [0.2, 0.25) is 0 Å². The highest BCUT2D eigenvalue weighted by molar-refractivity contribution is 5.68. The summed E-state index contributed by atoms with van der Waals surface area (Å²) in [6.07, 6.45) is 6.51. The summed E-state index contributed by atoms with van der Waals surface area (Å²) in [6.45, 7) is 2.28. The molecule has 0 bridgehead atoms. The zero-order valence-corrected chi connectivity index (χ0v) is 9.98. The summed E-state index contributed by atoms with van der Waals surface area (Å²) >= 11 is 0. The molecule has 1 aromatic rings. The monoisotopic (exact) mass is 231 g/mol. The molecule has 0 radical (unpaired) electrons. The van der Waals surface area contributed by atoms with Gasteiger partial charge in [0.15, 0.2) is 0 Å². The normalized spacial score (nSPS) is 11.3. The van der Waals surface area contributed by atoms with Gasteiger partial charge in [-0.15, -0.1) is 6.42 Å².